The number of hydrogen-bond donors (Lipinski definition) is 0. The first-order valence-corrected chi connectivity index (χ1v) is 8.30. The molecule has 0 bridgehead atoms. The first-order chi connectivity index (χ1) is 10.2. The van der Waals surface area contributed by atoms with Gasteiger partial charge < -0.3 is 9.64 Å². The third kappa shape index (κ3) is 3.23. The van der Waals surface area contributed by atoms with Crippen molar-refractivity contribution in [2.75, 3.05) is 19.7 Å². The molecule has 0 unspecified atom stereocenters. The molecule has 0 N–H and O–H groups in total. The summed E-state index contributed by atoms with van der Waals surface area (Å²) in [7, 11) is 0. The van der Waals surface area contributed by atoms with Crippen LogP contribution in [0.3, 0.4) is 0 Å². The molecule has 1 aliphatic heterocycles. The van der Waals surface area contributed by atoms with Gasteiger partial charge in [-0.05, 0) is 32.6 Å². The molecule has 1 saturated heterocycles. The topological polar surface area (TPSA) is 72.4 Å². The number of aromatic nitrogens is 2. The van der Waals surface area contributed by atoms with Gasteiger partial charge >= 0.3 is 5.97 Å². The van der Waals surface area contributed by atoms with Gasteiger partial charge in [-0.25, -0.2) is 4.79 Å². The summed E-state index contributed by atoms with van der Waals surface area (Å²) in [5.74, 6) is 0.507. The third-order valence-corrected chi connectivity index (χ3v) is 5.04. The van der Waals surface area contributed by atoms with E-state index in [0.717, 1.165) is 43.8 Å². The Morgan fingerprint density at radius 2 is 1.95 bits per heavy atom. The minimum absolute atomic E-state index is 0.290. The van der Waals surface area contributed by atoms with E-state index in [1.54, 1.807) is 6.92 Å². The fourth-order valence-corrected chi connectivity index (χ4v) is 3.52. The van der Waals surface area contributed by atoms with Crippen LogP contribution in [0.15, 0.2) is 0 Å². The Hall–Kier alpha value is -1.50. The quantitative estimate of drug-likeness (QED) is 0.793. The van der Waals surface area contributed by atoms with Crippen molar-refractivity contribution >= 4 is 23.2 Å². The van der Waals surface area contributed by atoms with Gasteiger partial charge in [0.15, 0.2) is 0 Å². The van der Waals surface area contributed by atoms with Crippen LogP contribution in [0.25, 0.3) is 0 Å². The number of ether oxygens (including phenoxy) is 1. The second-order valence-electron chi connectivity index (χ2n) is 5.54. The van der Waals surface area contributed by atoms with Crippen LogP contribution < -0.4 is 0 Å². The molecule has 2 heterocycles. The second-order valence-corrected chi connectivity index (χ2v) is 6.55. The molecule has 2 fully saturated rings. The molecular formula is C14H19N3O3S. The van der Waals surface area contributed by atoms with Crippen LogP contribution in [0.2, 0.25) is 0 Å². The predicted octanol–water partition coefficient (Wildman–Crippen LogP) is 1.83. The van der Waals surface area contributed by atoms with Gasteiger partial charge in [0.1, 0.15) is 5.01 Å². The van der Waals surface area contributed by atoms with Crippen molar-refractivity contribution in [3.8, 4) is 0 Å². The monoisotopic (exact) mass is 309 g/mol. The molecule has 1 aliphatic carbocycles. The molecule has 1 amide bonds. The molecule has 21 heavy (non-hydrogen) atoms. The maximum absolute atomic E-state index is 12.0. The molecule has 0 radical (unpaired) electrons. The average Bonchev–Trinajstić information content (AvgIpc) is 3.23. The Morgan fingerprint density at radius 3 is 2.57 bits per heavy atom. The predicted molar refractivity (Wildman–Crippen MR) is 77.1 cm³/mol. The Balaban J connectivity index is 1.56. The Kier molecular flexibility index (Phi) is 4.19. The zero-order valence-electron chi connectivity index (χ0n) is 12.1. The van der Waals surface area contributed by atoms with Gasteiger partial charge in [0.25, 0.3) is 0 Å². The molecule has 3 rings (SSSR count). The number of amides is 1. The summed E-state index contributed by atoms with van der Waals surface area (Å²) in [5, 5.41) is 9.25. The summed E-state index contributed by atoms with van der Waals surface area (Å²) >= 11 is 1.32. The van der Waals surface area contributed by atoms with Gasteiger partial charge in [-0.3, -0.25) is 4.79 Å². The van der Waals surface area contributed by atoms with Gasteiger partial charge in [-0.15, -0.1) is 10.2 Å². The lowest BCUT2D eigenvalue weighted by Gasteiger charge is -2.31. The van der Waals surface area contributed by atoms with E-state index in [1.165, 1.54) is 11.3 Å². The van der Waals surface area contributed by atoms with Crippen molar-refractivity contribution in [3.63, 3.8) is 0 Å². The average molecular weight is 309 g/mol. The van der Waals surface area contributed by atoms with E-state index >= 15 is 0 Å². The van der Waals surface area contributed by atoms with Gasteiger partial charge in [0, 0.05) is 24.9 Å². The lowest BCUT2D eigenvalue weighted by Crippen LogP contribution is -2.38. The van der Waals surface area contributed by atoms with Crippen LogP contribution in [0.1, 0.15) is 53.3 Å². The second kappa shape index (κ2) is 6.09. The van der Waals surface area contributed by atoms with E-state index in [4.69, 9.17) is 4.74 Å². The molecule has 6 nitrogen and oxygen atoms in total. The molecule has 1 aromatic heterocycles. The van der Waals surface area contributed by atoms with Crippen LogP contribution >= 0.6 is 11.3 Å². The molecule has 114 valence electrons. The highest BCUT2D eigenvalue weighted by atomic mass is 32.1. The molecular weight excluding hydrogens is 290 g/mol. The highest BCUT2D eigenvalue weighted by Gasteiger charge is 2.35. The van der Waals surface area contributed by atoms with Crippen LogP contribution in [-0.2, 0) is 9.53 Å². The Bertz CT molecular complexity index is 533. The summed E-state index contributed by atoms with van der Waals surface area (Å²) in [6, 6.07) is 0. The molecule has 7 heteroatoms. The van der Waals surface area contributed by atoms with Crippen LogP contribution in [-0.4, -0.2) is 46.7 Å². The summed E-state index contributed by atoms with van der Waals surface area (Å²) in [6.45, 7) is 3.69. The number of likely N-dealkylation sites (tertiary alicyclic amines) is 1. The number of esters is 1. The molecule has 0 atom stereocenters. The van der Waals surface area contributed by atoms with E-state index < -0.39 is 5.97 Å². The maximum atomic E-state index is 12.0. The highest BCUT2D eigenvalue weighted by Crippen LogP contribution is 2.35. The number of hydrogen-bond acceptors (Lipinski definition) is 6. The largest absolute Gasteiger partial charge is 0.461 e. The molecule has 0 spiro atoms. The fraction of sp³-hybridized carbons (Fsp3) is 0.714. The first-order valence-electron chi connectivity index (χ1n) is 7.48. The maximum Gasteiger partial charge on any atom is 0.369 e. The molecule has 1 saturated carbocycles. The number of nitrogens with zero attached hydrogens (tertiary/aromatic N) is 3. The lowest BCUT2D eigenvalue weighted by atomic mass is 9.97. The van der Waals surface area contributed by atoms with Gasteiger partial charge in [0.05, 0.1) is 6.61 Å². The van der Waals surface area contributed by atoms with E-state index in [-0.39, 0.29) is 0 Å². The number of carbonyl (C=O) groups is 2. The van der Waals surface area contributed by atoms with Crippen LogP contribution in [0.5, 0.6) is 0 Å². The Labute approximate surface area is 127 Å². The van der Waals surface area contributed by atoms with Crippen LogP contribution in [0.4, 0.5) is 0 Å². The molecule has 2 aliphatic rings. The summed E-state index contributed by atoms with van der Waals surface area (Å²) < 4.78 is 4.93. The minimum Gasteiger partial charge on any atom is -0.461 e. The van der Waals surface area contributed by atoms with E-state index in [9.17, 15) is 9.59 Å². The smallest absolute Gasteiger partial charge is 0.369 e. The fourth-order valence-electron chi connectivity index (χ4n) is 2.61. The highest BCUT2D eigenvalue weighted by molar-refractivity contribution is 7.13. The number of carbonyl (C=O) groups excluding carboxylic acids is 2. The van der Waals surface area contributed by atoms with Gasteiger partial charge in [-0.2, -0.15) is 0 Å². The summed E-state index contributed by atoms with van der Waals surface area (Å²) in [4.78, 5) is 25.6. The summed E-state index contributed by atoms with van der Waals surface area (Å²) in [6.07, 6.45) is 3.90. The standard InChI is InChI=1S/C14H19N3O3S/c1-2-20-14(19)12-16-15-11(21-12)9-5-7-17(8-6-9)13(18)10-3-4-10/h9-10H,2-8H2,1H3. The number of piperidine rings is 1. The van der Waals surface area contributed by atoms with Crippen molar-refractivity contribution in [1.82, 2.24) is 15.1 Å². The zero-order chi connectivity index (χ0) is 14.8. The van der Waals surface area contributed by atoms with Gasteiger partial charge in [-0.1, -0.05) is 11.3 Å². The number of rotatable bonds is 4. The SMILES string of the molecule is CCOC(=O)c1nnc(C2CCN(C(=O)C3CC3)CC2)s1. The van der Waals surface area contributed by atoms with E-state index in [0.29, 0.717) is 29.4 Å². The molecule has 1 aromatic rings. The normalized spacial score (nSPS) is 19.6. The summed E-state index contributed by atoms with van der Waals surface area (Å²) in [5.41, 5.74) is 0. The molecule has 0 aromatic carbocycles. The van der Waals surface area contributed by atoms with Crippen molar-refractivity contribution in [2.24, 2.45) is 5.92 Å². The van der Waals surface area contributed by atoms with Crippen molar-refractivity contribution in [3.05, 3.63) is 10.0 Å². The lowest BCUT2D eigenvalue weighted by molar-refractivity contribution is -0.133. The van der Waals surface area contributed by atoms with Crippen molar-refractivity contribution in [1.29, 1.82) is 0 Å². The van der Waals surface area contributed by atoms with Crippen molar-refractivity contribution in [2.45, 2.75) is 38.5 Å². The van der Waals surface area contributed by atoms with Gasteiger partial charge in [0.2, 0.25) is 10.9 Å². The third-order valence-electron chi connectivity index (χ3n) is 3.97. The first kappa shape index (κ1) is 14.4. The van der Waals surface area contributed by atoms with Crippen molar-refractivity contribution < 1.29 is 14.3 Å². The Morgan fingerprint density at radius 1 is 1.24 bits per heavy atom. The zero-order valence-corrected chi connectivity index (χ0v) is 12.9. The van der Waals surface area contributed by atoms with E-state index in [2.05, 4.69) is 10.2 Å². The van der Waals surface area contributed by atoms with E-state index in [1.807, 2.05) is 4.90 Å². The van der Waals surface area contributed by atoms with Crippen LogP contribution in [0, 0.1) is 5.92 Å². The minimum atomic E-state index is -0.400.